The molecule has 0 unspecified atom stereocenters. The fourth-order valence-electron chi connectivity index (χ4n) is 3.20. The Morgan fingerprint density at radius 1 is 0.939 bits per heavy atom. The minimum Gasteiger partial charge on any atom is -0.471 e. The molecule has 0 saturated carbocycles. The Labute approximate surface area is 190 Å². The van der Waals surface area contributed by atoms with Gasteiger partial charge in [0, 0.05) is 20.3 Å². The van der Waals surface area contributed by atoms with E-state index in [0.717, 1.165) is 17.0 Å². The lowest BCUT2D eigenvalue weighted by molar-refractivity contribution is 0.101. The largest absolute Gasteiger partial charge is 0.471 e. The van der Waals surface area contributed by atoms with Crippen molar-refractivity contribution in [1.29, 1.82) is 0 Å². The van der Waals surface area contributed by atoms with Crippen LogP contribution in [0.3, 0.4) is 0 Å². The van der Waals surface area contributed by atoms with Crippen LogP contribution in [-0.2, 0) is 20.8 Å². The molecule has 3 heterocycles. The van der Waals surface area contributed by atoms with Gasteiger partial charge in [0.15, 0.2) is 12.4 Å². The fraction of sp³-hybridized carbons (Fsp3) is 0.227. The minimum atomic E-state index is -0.468. The number of nitrogens with one attached hydrogen (secondary N) is 2. The molecule has 4 aromatic rings. The van der Waals surface area contributed by atoms with Crippen molar-refractivity contribution in [1.82, 2.24) is 29.3 Å². The van der Waals surface area contributed by atoms with Crippen molar-refractivity contribution in [3.8, 4) is 5.75 Å². The summed E-state index contributed by atoms with van der Waals surface area (Å²) in [5.41, 5.74) is 3.04. The number of ether oxygens (including phenoxy) is 1. The zero-order valence-corrected chi connectivity index (χ0v) is 18.7. The Balaban J connectivity index is 1.43. The average Bonchev–Trinajstić information content (AvgIpc) is 3.49. The van der Waals surface area contributed by atoms with Crippen LogP contribution >= 0.6 is 0 Å². The summed E-state index contributed by atoms with van der Waals surface area (Å²) in [6.07, 6.45) is 4.63. The lowest BCUT2D eigenvalue weighted by Crippen LogP contribution is -2.21. The highest BCUT2D eigenvalue weighted by Gasteiger charge is 2.21. The van der Waals surface area contributed by atoms with E-state index >= 15 is 0 Å². The maximum Gasteiger partial charge on any atom is 0.276 e. The highest BCUT2D eigenvalue weighted by molar-refractivity contribution is 6.11. The van der Waals surface area contributed by atoms with Gasteiger partial charge in [-0.2, -0.15) is 15.3 Å². The number of carbonyl (C=O) groups is 2. The number of aromatic nitrogens is 6. The van der Waals surface area contributed by atoms with Crippen molar-refractivity contribution in [2.45, 2.75) is 20.6 Å². The van der Waals surface area contributed by atoms with E-state index in [1.807, 2.05) is 38.1 Å². The summed E-state index contributed by atoms with van der Waals surface area (Å²) in [6.45, 7) is 3.95. The van der Waals surface area contributed by atoms with Crippen LogP contribution in [0.15, 0.2) is 48.9 Å². The summed E-state index contributed by atoms with van der Waals surface area (Å²) in [5.74, 6) is -0.142. The maximum absolute atomic E-state index is 12.9. The van der Waals surface area contributed by atoms with Gasteiger partial charge in [0.25, 0.3) is 11.8 Å². The third kappa shape index (κ3) is 4.61. The lowest BCUT2D eigenvalue weighted by atomic mass is 10.2. The van der Waals surface area contributed by atoms with Gasteiger partial charge < -0.3 is 15.4 Å². The predicted molar refractivity (Wildman–Crippen MR) is 121 cm³/mol. The number of amides is 2. The summed E-state index contributed by atoms with van der Waals surface area (Å²) in [5, 5.41) is 18.0. The molecule has 4 rings (SSSR count). The van der Waals surface area contributed by atoms with Gasteiger partial charge in [-0.15, -0.1) is 0 Å². The van der Waals surface area contributed by atoms with Crippen molar-refractivity contribution in [3.05, 3.63) is 71.6 Å². The standard InChI is InChI=1S/C22H24N8O3/c1-14-7-5-6-8-19(14)33-13-30-10-9-16(27-30)21(31)26-18-12-24-29(4)20(18)22(32)25-17-11-23-28(3)15(17)2/h5-12H,13H2,1-4H3,(H,25,32)(H,26,31). The van der Waals surface area contributed by atoms with Crippen molar-refractivity contribution >= 4 is 23.2 Å². The van der Waals surface area contributed by atoms with Gasteiger partial charge in [-0.1, -0.05) is 18.2 Å². The highest BCUT2D eigenvalue weighted by Crippen LogP contribution is 2.20. The van der Waals surface area contributed by atoms with Crippen LogP contribution in [0.5, 0.6) is 5.75 Å². The smallest absolute Gasteiger partial charge is 0.276 e. The molecule has 0 fully saturated rings. The summed E-state index contributed by atoms with van der Waals surface area (Å²) in [4.78, 5) is 25.6. The van der Waals surface area contributed by atoms with Crippen LogP contribution < -0.4 is 15.4 Å². The number of anilines is 2. The molecule has 2 amide bonds. The van der Waals surface area contributed by atoms with Crippen LogP contribution in [0, 0.1) is 13.8 Å². The molecule has 1 aromatic carbocycles. The predicted octanol–water partition coefficient (Wildman–Crippen LogP) is 2.51. The molecule has 0 aliphatic rings. The number of para-hydroxylation sites is 1. The first-order valence-corrected chi connectivity index (χ1v) is 10.2. The van der Waals surface area contributed by atoms with E-state index in [2.05, 4.69) is 25.9 Å². The Hall–Kier alpha value is -4.41. The Kier molecular flexibility index (Phi) is 5.94. The van der Waals surface area contributed by atoms with Crippen molar-refractivity contribution in [2.24, 2.45) is 14.1 Å². The molecule has 0 aliphatic heterocycles. The van der Waals surface area contributed by atoms with Gasteiger partial charge in [0.1, 0.15) is 11.4 Å². The number of nitrogens with zero attached hydrogens (tertiary/aromatic N) is 6. The molecule has 170 valence electrons. The van der Waals surface area contributed by atoms with Crippen LogP contribution in [0.4, 0.5) is 11.4 Å². The van der Waals surface area contributed by atoms with Gasteiger partial charge in [0.2, 0.25) is 0 Å². The molecule has 0 spiro atoms. The second-order valence-electron chi connectivity index (χ2n) is 7.49. The molecule has 0 radical (unpaired) electrons. The van der Waals surface area contributed by atoms with Gasteiger partial charge in [-0.25, -0.2) is 4.68 Å². The van der Waals surface area contributed by atoms with E-state index < -0.39 is 11.8 Å². The molecule has 0 aliphatic carbocycles. The molecular formula is C22H24N8O3. The molecule has 2 N–H and O–H groups in total. The van der Waals surface area contributed by atoms with E-state index in [1.165, 1.54) is 15.6 Å². The first kappa shape index (κ1) is 21.8. The molecule has 0 saturated heterocycles. The quantitative estimate of drug-likeness (QED) is 0.448. The molecule has 0 atom stereocenters. The number of aryl methyl sites for hydroxylation is 3. The van der Waals surface area contributed by atoms with Crippen LogP contribution in [0.2, 0.25) is 0 Å². The molecule has 33 heavy (non-hydrogen) atoms. The van der Waals surface area contributed by atoms with Gasteiger partial charge in [-0.3, -0.25) is 19.0 Å². The SMILES string of the molecule is Cc1ccccc1OCn1ccc(C(=O)Nc2cnn(C)c2C(=O)Nc2cnn(C)c2C)n1. The zero-order valence-electron chi connectivity index (χ0n) is 18.7. The second kappa shape index (κ2) is 8.99. The van der Waals surface area contributed by atoms with Gasteiger partial charge in [-0.05, 0) is 31.5 Å². The normalized spacial score (nSPS) is 10.8. The number of hydrogen-bond donors (Lipinski definition) is 2. The maximum atomic E-state index is 12.9. The Bertz CT molecular complexity index is 1320. The van der Waals surface area contributed by atoms with Crippen molar-refractivity contribution < 1.29 is 14.3 Å². The first-order valence-electron chi connectivity index (χ1n) is 10.2. The number of rotatable bonds is 7. The molecule has 11 heteroatoms. The summed E-state index contributed by atoms with van der Waals surface area (Å²) >= 11 is 0. The summed E-state index contributed by atoms with van der Waals surface area (Å²) in [7, 11) is 3.41. The topological polar surface area (TPSA) is 121 Å². The molecule has 3 aromatic heterocycles. The van der Waals surface area contributed by atoms with E-state index in [9.17, 15) is 9.59 Å². The average molecular weight is 448 g/mol. The van der Waals surface area contributed by atoms with Gasteiger partial charge in [0.05, 0.1) is 29.5 Å². The second-order valence-corrected chi connectivity index (χ2v) is 7.49. The fourth-order valence-corrected chi connectivity index (χ4v) is 3.20. The zero-order chi connectivity index (χ0) is 23.5. The third-order valence-corrected chi connectivity index (χ3v) is 5.20. The summed E-state index contributed by atoms with van der Waals surface area (Å²) < 4.78 is 10.3. The third-order valence-electron chi connectivity index (χ3n) is 5.20. The van der Waals surface area contributed by atoms with Crippen molar-refractivity contribution in [3.63, 3.8) is 0 Å². The molecular weight excluding hydrogens is 424 g/mol. The van der Waals surface area contributed by atoms with Crippen molar-refractivity contribution in [2.75, 3.05) is 10.6 Å². The lowest BCUT2D eigenvalue weighted by Gasteiger charge is -2.09. The number of hydrogen-bond acceptors (Lipinski definition) is 6. The van der Waals surface area contributed by atoms with Crippen LogP contribution in [0.1, 0.15) is 32.2 Å². The Morgan fingerprint density at radius 2 is 1.64 bits per heavy atom. The Morgan fingerprint density at radius 3 is 2.36 bits per heavy atom. The van der Waals surface area contributed by atoms with Crippen LogP contribution in [-0.4, -0.2) is 41.2 Å². The number of benzene rings is 1. The molecule has 0 bridgehead atoms. The van der Waals surface area contributed by atoms with E-state index in [-0.39, 0.29) is 23.8 Å². The van der Waals surface area contributed by atoms with E-state index in [4.69, 9.17) is 4.74 Å². The van der Waals surface area contributed by atoms with Gasteiger partial charge >= 0.3 is 0 Å². The van der Waals surface area contributed by atoms with E-state index in [0.29, 0.717) is 5.69 Å². The highest BCUT2D eigenvalue weighted by atomic mass is 16.5. The summed E-state index contributed by atoms with van der Waals surface area (Å²) in [6, 6.07) is 9.22. The minimum absolute atomic E-state index is 0.156. The first-order chi connectivity index (χ1) is 15.8. The van der Waals surface area contributed by atoms with E-state index in [1.54, 1.807) is 37.2 Å². The monoisotopic (exact) mass is 448 g/mol. The van der Waals surface area contributed by atoms with Crippen LogP contribution in [0.25, 0.3) is 0 Å². The molecule has 11 nitrogen and oxygen atoms in total. The number of carbonyl (C=O) groups excluding carboxylic acids is 2.